The van der Waals surface area contributed by atoms with Gasteiger partial charge < -0.3 is 15.0 Å². The molecule has 0 saturated carbocycles. The molecule has 7 heteroatoms. The van der Waals surface area contributed by atoms with E-state index in [2.05, 4.69) is 5.32 Å². The van der Waals surface area contributed by atoms with Crippen molar-refractivity contribution in [3.63, 3.8) is 0 Å². The molecule has 0 atom stereocenters. The van der Waals surface area contributed by atoms with Crippen molar-refractivity contribution >= 4 is 29.1 Å². The largest absolute Gasteiger partial charge is 0.495 e. The Bertz CT molecular complexity index is 849. The fourth-order valence-corrected chi connectivity index (χ4v) is 3.35. The summed E-state index contributed by atoms with van der Waals surface area (Å²) in [7, 11) is 1.54. The molecule has 148 valence electrons. The number of rotatable bonds is 5. The molecule has 0 aromatic heterocycles. The monoisotopic (exact) mass is 401 g/mol. The second-order valence-electron chi connectivity index (χ2n) is 6.78. The van der Waals surface area contributed by atoms with Crippen LogP contribution in [0.25, 0.3) is 0 Å². The van der Waals surface area contributed by atoms with Crippen LogP contribution < -0.4 is 10.1 Å². The van der Waals surface area contributed by atoms with Crippen LogP contribution >= 0.6 is 11.6 Å². The highest BCUT2D eigenvalue weighted by molar-refractivity contribution is 6.31. The molecule has 1 saturated heterocycles. The predicted molar refractivity (Wildman–Crippen MR) is 110 cm³/mol. The Morgan fingerprint density at radius 3 is 2.43 bits per heavy atom. The van der Waals surface area contributed by atoms with Crippen molar-refractivity contribution in [2.45, 2.75) is 6.92 Å². The first-order valence-electron chi connectivity index (χ1n) is 9.18. The lowest BCUT2D eigenvalue weighted by atomic mass is 10.2. The smallest absolute Gasteiger partial charge is 0.253 e. The Hall–Kier alpha value is -2.57. The van der Waals surface area contributed by atoms with E-state index >= 15 is 0 Å². The number of carbonyl (C=O) groups is 2. The molecule has 3 rings (SSSR count). The van der Waals surface area contributed by atoms with Crippen molar-refractivity contribution in [3.8, 4) is 5.75 Å². The van der Waals surface area contributed by atoms with Crippen LogP contribution in [0.2, 0.25) is 5.02 Å². The van der Waals surface area contributed by atoms with Gasteiger partial charge >= 0.3 is 0 Å². The van der Waals surface area contributed by atoms with Crippen molar-refractivity contribution in [2.75, 3.05) is 45.2 Å². The second kappa shape index (κ2) is 9.08. The van der Waals surface area contributed by atoms with E-state index in [4.69, 9.17) is 16.3 Å². The third kappa shape index (κ3) is 4.82. The van der Waals surface area contributed by atoms with E-state index in [1.165, 1.54) is 0 Å². The summed E-state index contributed by atoms with van der Waals surface area (Å²) < 4.78 is 5.30. The molecule has 1 fully saturated rings. The van der Waals surface area contributed by atoms with Gasteiger partial charge in [0, 0.05) is 42.8 Å². The van der Waals surface area contributed by atoms with Crippen molar-refractivity contribution in [3.05, 3.63) is 58.6 Å². The van der Waals surface area contributed by atoms with E-state index in [0.717, 1.165) is 5.56 Å². The van der Waals surface area contributed by atoms with Crippen LogP contribution in [0.5, 0.6) is 5.75 Å². The molecule has 1 heterocycles. The maximum absolute atomic E-state index is 12.5. The average Bonchev–Trinajstić information content (AvgIpc) is 2.71. The van der Waals surface area contributed by atoms with E-state index in [9.17, 15) is 9.59 Å². The minimum Gasteiger partial charge on any atom is -0.495 e. The second-order valence-corrected chi connectivity index (χ2v) is 7.19. The number of aryl methyl sites for hydroxylation is 1. The van der Waals surface area contributed by atoms with Crippen LogP contribution in [-0.4, -0.2) is 61.4 Å². The van der Waals surface area contributed by atoms with Gasteiger partial charge in [0.2, 0.25) is 5.91 Å². The topological polar surface area (TPSA) is 61.9 Å². The van der Waals surface area contributed by atoms with Crippen molar-refractivity contribution in [2.24, 2.45) is 0 Å². The summed E-state index contributed by atoms with van der Waals surface area (Å²) in [6.45, 7) is 4.65. The van der Waals surface area contributed by atoms with Gasteiger partial charge in [-0.15, -0.1) is 0 Å². The number of ether oxygens (including phenoxy) is 1. The molecule has 28 heavy (non-hydrogen) atoms. The molecule has 2 aromatic carbocycles. The number of nitrogens with one attached hydrogen (secondary N) is 1. The SMILES string of the molecule is COc1cc(Cl)c(C)cc1NC(=O)CN1CCN(C(=O)c2ccccc2)CC1. The molecule has 6 nitrogen and oxygen atoms in total. The van der Waals surface area contributed by atoms with Crippen LogP contribution in [0, 0.1) is 6.92 Å². The fraction of sp³-hybridized carbons (Fsp3) is 0.333. The summed E-state index contributed by atoms with van der Waals surface area (Å²) >= 11 is 6.11. The summed E-state index contributed by atoms with van der Waals surface area (Å²) in [4.78, 5) is 28.8. The number of benzene rings is 2. The Morgan fingerprint density at radius 1 is 1.11 bits per heavy atom. The normalized spacial score (nSPS) is 14.6. The third-order valence-electron chi connectivity index (χ3n) is 4.80. The van der Waals surface area contributed by atoms with Gasteiger partial charge in [-0.05, 0) is 30.7 Å². The minimum atomic E-state index is -0.122. The van der Waals surface area contributed by atoms with Gasteiger partial charge in [-0.1, -0.05) is 29.8 Å². The lowest BCUT2D eigenvalue weighted by Gasteiger charge is -2.34. The van der Waals surface area contributed by atoms with E-state index in [1.54, 1.807) is 19.2 Å². The average molecular weight is 402 g/mol. The van der Waals surface area contributed by atoms with E-state index < -0.39 is 0 Å². The first-order valence-corrected chi connectivity index (χ1v) is 9.56. The number of anilines is 1. The zero-order valence-corrected chi connectivity index (χ0v) is 16.8. The molecular formula is C21H24ClN3O3. The minimum absolute atomic E-state index is 0.0334. The van der Waals surface area contributed by atoms with Gasteiger partial charge in [-0.2, -0.15) is 0 Å². The predicted octanol–water partition coefficient (Wildman–Crippen LogP) is 3.05. The Labute approximate surface area is 170 Å². The van der Waals surface area contributed by atoms with Gasteiger partial charge in [0.25, 0.3) is 5.91 Å². The van der Waals surface area contributed by atoms with Crippen molar-refractivity contribution < 1.29 is 14.3 Å². The number of halogens is 1. The summed E-state index contributed by atoms with van der Waals surface area (Å²) in [5.41, 5.74) is 2.16. The summed E-state index contributed by atoms with van der Waals surface area (Å²) in [5, 5.41) is 3.48. The Morgan fingerprint density at radius 2 is 1.79 bits per heavy atom. The van der Waals surface area contributed by atoms with Crippen molar-refractivity contribution in [1.82, 2.24) is 9.80 Å². The van der Waals surface area contributed by atoms with Crippen LogP contribution in [0.15, 0.2) is 42.5 Å². The summed E-state index contributed by atoms with van der Waals surface area (Å²) in [5.74, 6) is 0.441. The first kappa shape index (κ1) is 20.2. The van der Waals surface area contributed by atoms with Gasteiger partial charge in [0.15, 0.2) is 0 Å². The lowest BCUT2D eigenvalue weighted by molar-refractivity contribution is -0.117. The molecule has 0 bridgehead atoms. The summed E-state index contributed by atoms with van der Waals surface area (Å²) in [6, 6.07) is 12.8. The van der Waals surface area contributed by atoms with E-state index in [-0.39, 0.29) is 18.4 Å². The third-order valence-corrected chi connectivity index (χ3v) is 5.21. The van der Waals surface area contributed by atoms with E-state index in [1.807, 2.05) is 47.1 Å². The molecule has 1 N–H and O–H groups in total. The Kier molecular flexibility index (Phi) is 6.54. The number of carbonyl (C=O) groups excluding carboxylic acids is 2. The van der Waals surface area contributed by atoms with Gasteiger partial charge in [0.05, 0.1) is 19.3 Å². The highest BCUT2D eigenvalue weighted by Crippen LogP contribution is 2.30. The molecule has 1 aliphatic heterocycles. The molecule has 0 unspecified atom stereocenters. The maximum Gasteiger partial charge on any atom is 0.253 e. The molecule has 0 radical (unpaired) electrons. The molecule has 2 aromatic rings. The summed E-state index contributed by atoms with van der Waals surface area (Å²) in [6.07, 6.45) is 0. The number of piperazine rings is 1. The van der Waals surface area contributed by atoms with E-state index in [0.29, 0.717) is 48.2 Å². The molecule has 1 aliphatic rings. The van der Waals surface area contributed by atoms with Crippen LogP contribution in [0.1, 0.15) is 15.9 Å². The maximum atomic E-state index is 12.5. The van der Waals surface area contributed by atoms with Gasteiger partial charge in [-0.25, -0.2) is 0 Å². The quantitative estimate of drug-likeness (QED) is 0.836. The van der Waals surface area contributed by atoms with Crippen LogP contribution in [-0.2, 0) is 4.79 Å². The highest BCUT2D eigenvalue weighted by atomic mass is 35.5. The van der Waals surface area contributed by atoms with Crippen LogP contribution in [0.4, 0.5) is 5.69 Å². The molecule has 0 spiro atoms. The number of amides is 2. The Balaban J connectivity index is 1.53. The standard InChI is InChI=1S/C21H24ClN3O3/c1-15-12-18(19(28-2)13-17(15)22)23-20(26)14-24-8-10-25(11-9-24)21(27)16-6-4-3-5-7-16/h3-7,12-13H,8-11,14H2,1-2H3,(H,23,26). The zero-order valence-electron chi connectivity index (χ0n) is 16.1. The zero-order chi connectivity index (χ0) is 20.1. The number of hydrogen-bond acceptors (Lipinski definition) is 4. The molecule has 2 amide bonds. The number of hydrogen-bond donors (Lipinski definition) is 1. The van der Waals surface area contributed by atoms with Gasteiger partial charge in [0.1, 0.15) is 5.75 Å². The number of nitrogens with zero attached hydrogens (tertiary/aromatic N) is 2. The van der Waals surface area contributed by atoms with Gasteiger partial charge in [-0.3, -0.25) is 14.5 Å². The van der Waals surface area contributed by atoms with Crippen LogP contribution in [0.3, 0.4) is 0 Å². The molecular weight excluding hydrogens is 378 g/mol. The van der Waals surface area contributed by atoms with Crippen molar-refractivity contribution in [1.29, 1.82) is 0 Å². The fourth-order valence-electron chi connectivity index (χ4n) is 3.20. The number of methoxy groups -OCH3 is 1. The lowest BCUT2D eigenvalue weighted by Crippen LogP contribution is -2.50. The first-order chi connectivity index (χ1) is 13.5. The highest BCUT2D eigenvalue weighted by Gasteiger charge is 2.23. The molecule has 0 aliphatic carbocycles.